The van der Waals surface area contributed by atoms with Gasteiger partial charge in [0.05, 0.1) is 5.39 Å². The highest BCUT2D eigenvalue weighted by atomic mass is 32.1. The summed E-state index contributed by atoms with van der Waals surface area (Å²) in [6, 6.07) is 2.47. The Morgan fingerprint density at radius 3 is 2.61 bits per heavy atom. The van der Waals surface area contributed by atoms with E-state index in [9.17, 15) is 0 Å². The molecule has 2 rings (SSSR count). The average Bonchev–Trinajstić information content (AvgIpc) is 2.71. The van der Waals surface area contributed by atoms with Crippen molar-refractivity contribution < 1.29 is 0 Å². The lowest BCUT2D eigenvalue weighted by Gasteiger charge is -2.30. The largest absolute Gasteiger partial charge is 0.368 e. The van der Waals surface area contributed by atoms with Crippen LogP contribution in [0.1, 0.15) is 27.7 Å². The van der Waals surface area contributed by atoms with Gasteiger partial charge in [0.25, 0.3) is 0 Å². The van der Waals surface area contributed by atoms with E-state index >= 15 is 0 Å². The van der Waals surface area contributed by atoms with Gasteiger partial charge in [0.15, 0.2) is 0 Å². The van der Waals surface area contributed by atoms with E-state index in [4.69, 9.17) is 5.73 Å². The lowest BCUT2D eigenvalue weighted by atomic mass is 10.1. The molecular formula is C13H20N4S. The Balaban J connectivity index is 2.52. The molecule has 0 saturated heterocycles. The molecule has 2 aromatic heterocycles. The molecule has 0 saturated carbocycles. The molecule has 2 N–H and O–H groups in total. The molecule has 4 nitrogen and oxygen atoms in total. The van der Waals surface area contributed by atoms with Crippen LogP contribution in [0, 0.1) is 5.92 Å². The molecule has 0 atom stereocenters. The maximum Gasteiger partial charge on any atom is 0.223 e. The quantitative estimate of drug-likeness (QED) is 0.921. The molecule has 18 heavy (non-hydrogen) atoms. The highest BCUT2D eigenvalue weighted by Crippen LogP contribution is 2.30. The van der Waals surface area contributed by atoms with Crippen molar-refractivity contribution in [1.29, 1.82) is 0 Å². The Kier molecular flexibility index (Phi) is 3.71. The van der Waals surface area contributed by atoms with Crippen LogP contribution in [0.15, 0.2) is 11.4 Å². The summed E-state index contributed by atoms with van der Waals surface area (Å²) < 4.78 is 0. The van der Waals surface area contributed by atoms with Crippen LogP contribution in [-0.2, 0) is 0 Å². The molecule has 0 amide bonds. The van der Waals surface area contributed by atoms with Gasteiger partial charge in [-0.05, 0) is 31.2 Å². The Hall–Kier alpha value is -1.36. The fraction of sp³-hybridized carbons (Fsp3) is 0.538. The van der Waals surface area contributed by atoms with E-state index in [0.29, 0.717) is 17.9 Å². The molecule has 0 fully saturated rings. The monoisotopic (exact) mass is 264 g/mol. The van der Waals surface area contributed by atoms with E-state index in [1.807, 2.05) is 5.38 Å². The number of thiophene rings is 1. The van der Waals surface area contributed by atoms with Gasteiger partial charge in [0.2, 0.25) is 5.95 Å². The second-order valence-electron chi connectivity index (χ2n) is 5.18. The van der Waals surface area contributed by atoms with Gasteiger partial charge in [-0.1, -0.05) is 13.8 Å². The zero-order valence-electron chi connectivity index (χ0n) is 11.3. The first-order valence-electron chi connectivity index (χ1n) is 6.26. The van der Waals surface area contributed by atoms with Gasteiger partial charge in [0, 0.05) is 12.6 Å². The van der Waals surface area contributed by atoms with Crippen molar-refractivity contribution >= 4 is 33.3 Å². The van der Waals surface area contributed by atoms with Gasteiger partial charge in [-0.3, -0.25) is 0 Å². The van der Waals surface area contributed by atoms with Crippen molar-refractivity contribution in [3.63, 3.8) is 0 Å². The SMILES string of the molecule is CC(C)CN(c1nc(N)nc2sccc12)C(C)C. The van der Waals surface area contributed by atoms with Crippen LogP contribution < -0.4 is 10.6 Å². The van der Waals surface area contributed by atoms with E-state index in [1.165, 1.54) is 0 Å². The Bertz CT molecular complexity index is 533. The Morgan fingerprint density at radius 1 is 1.28 bits per heavy atom. The summed E-state index contributed by atoms with van der Waals surface area (Å²) in [4.78, 5) is 12.0. The van der Waals surface area contributed by atoms with E-state index in [-0.39, 0.29) is 0 Å². The van der Waals surface area contributed by atoms with Crippen LogP contribution in [0.3, 0.4) is 0 Å². The van der Waals surface area contributed by atoms with Crippen molar-refractivity contribution in [3.05, 3.63) is 11.4 Å². The molecule has 98 valence electrons. The maximum absolute atomic E-state index is 5.81. The van der Waals surface area contributed by atoms with Gasteiger partial charge in [0.1, 0.15) is 10.6 Å². The van der Waals surface area contributed by atoms with Crippen LogP contribution in [0.2, 0.25) is 0 Å². The summed E-state index contributed by atoms with van der Waals surface area (Å²) >= 11 is 1.61. The predicted octanol–water partition coefficient (Wildman–Crippen LogP) is 3.14. The van der Waals surface area contributed by atoms with Gasteiger partial charge in [-0.15, -0.1) is 11.3 Å². The fourth-order valence-electron chi connectivity index (χ4n) is 2.01. The number of hydrogen-bond donors (Lipinski definition) is 1. The highest BCUT2D eigenvalue weighted by Gasteiger charge is 2.18. The molecule has 0 aliphatic heterocycles. The van der Waals surface area contributed by atoms with Crippen LogP contribution in [0.5, 0.6) is 0 Å². The third-order valence-corrected chi connectivity index (χ3v) is 3.59. The summed E-state index contributed by atoms with van der Waals surface area (Å²) in [6.45, 7) is 9.76. The molecule has 5 heteroatoms. The first-order chi connectivity index (χ1) is 8.49. The van der Waals surface area contributed by atoms with E-state index in [2.05, 4.69) is 48.6 Å². The van der Waals surface area contributed by atoms with Crippen molar-refractivity contribution in [2.45, 2.75) is 33.7 Å². The number of nitrogens with zero attached hydrogens (tertiary/aromatic N) is 3. The van der Waals surface area contributed by atoms with Crippen LogP contribution in [0.4, 0.5) is 11.8 Å². The average molecular weight is 264 g/mol. The minimum Gasteiger partial charge on any atom is -0.368 e. The number of hydrogen-bond acceptors (Lipinski definition) is 5. The number of anilines is 2. The number of fused-ring (bicyclic) bond motifs is 1. The molecule has 2 heterocycles. The van der Waals surface area contributed by atoms with Crippen LogP contribution in [0.25, 0.3) is 10.2 Å². The second-order valence-corrected chi connectivity index (χ2v) is 6.08. The summed E-state index contributed by atoms with van der Waals surface area (Å²) in [7, 11) is 0. The third-order valence-electron chi connectivity index (χ3n) is 2.78. The topological polar surface area (TPSA) is 55.0 Å². The normalized spacial score (nSPS) is 11.7. The highest BCUT2D eigenvalue weighted by molar-refractivity contribution is 7.16. The number of nitrogens with two attached hydrogens (primary N) is 1. The van der Waals surface area contributed by atoms with Crippen molar-refractivity contribution in [2.75, 3.05) is 17.2 Å². The lowest BCUT2D eigenvalue weighted by Crippen LogP contribution is -2.35. The first kappa shape index (κ1) is 13.1. The van der Waals surface area contributed by atoms with E-state index in [0.717, 1.165) is 22.6 Å². The zero-order valence-corrected chi connectivity index (χ0v) is 12.2. The van der Waals surface area contributed by atoms with Crippen molar-refractivity contribution in [1.82, 2.24) is 9.97 Å². The van der Waals surface area contributed by atoms with Crippen molar-refractivity contribution in [2.24, 2.45) is 5.92 Å². The second kappa shape index (κ2) is 5.10. The van der Waals surface area contributed by atoms with Gasteiger partial charge in [-0.2, -0.15) is 4.98 Å². The number of aromatic nitrogens is 2. The van der Waals surface area contributed by atoms with Gasteiger partial charge >= 0.3 is 0 Å². The molecule has 0 bridgehead atoms. The molecule has 0 aromatic carbocycles. The molecule has 0 radical (unpaired) electrons. The smallest absolute Gasteiger partial charge is 0.223 e. The molecule has 2 aromatic rings. The molecule has 0 unspecified atom stereocenters. The Labute approximate surface area is 112 Å². The Morgan fingerprint density at radius 2 is 2.00 bits per heavy atom. The first-order valence-corrected chi connectivity index (χ1v) is 7.14. The summed E-state index contributed by atoms with van der Waals surface area (Å²) in [5, 5.41) is 3.14. The summed E-state index contributed by atoms with van der Waals surface area (Å²) in [6.07, 6.45) is 0. The number of nitrogen functional groups attached to an aromatic ring is 1. The molecular weight excluding hydrogens is 244 g/mol. The van der Waals surface area contributed by atoms with Gasteiger partial charge < -0.3 is 10.6 Å². The fourth-order valence-corrected chi connectivity index (χ4v) is 2.78. The van der Waals surface area contributed by atoms with E-state index < -0.39 is 0 Å². The van der Waals surface area contributed by atoms with Crippen LogP contribution in [-0.4, -0.2) is 22.6 Å². The van der Waals surface area contributed by atoms with E-state index in [1.54, 1.807) is 11.3 Å². The maximum atomic E-state index is 5.81. The third kappa shape index (κ3) is 2.56. The number of rotatable bonds is 4. The summed E-state index contributed by atoms with van der Waals surface area (Å²) in [5.74, 6) is 1.90. The standard InChI is InChI=1S/C13H20N4S/c1-8(2)7-17(9(3)4)11-10-5-6-18-12(10)16-13(14)15-11/h5-6,8-9H,7H2,1-4H3,(H2,14,15,16). The molecule has 0 aliphatic carbocycles. The van der Waals surface area contributed by atoms with Crippen LogP contribution >= 0.6 is 11.3 Å². The zero-order chi connectivity index (χ0) is 13.3. The summed E-state index contributed by atoms with van der Waals surface area (Å²) in [5.41, 5.74) is 5.81. The van der Waals surface area contributed by atoms with Crippen molar-refractivity contribution in [3.8, 4) is 0 Å². The molecule has 0 aliphatic rings. The molecule has 0 spiro atoms. The lowest BCUT2D eigenvalue weighted by molar-refractivity contribution is 0.567. The minimum atomic E-state index is 0.356. The predicted molar refractivity (Wildman–Crippen MR) is 79.1 cm³/mol. The van der Waals surface area contributed by atoms with Gasteiger partial charge in [-0.25, -0.2) is 4.98 Å². The minimum absolute atomic E-state index is 0.356.